The van der Waals surface area contributed by atoms with Crippen molar-refractivity contribution in [2.45, 2.75) is 39.4 Å². The predicted molar refractivity (Wildman–Crippen MR) is 73.5 cm³/mol. The van der Waals surface area contributed by atoms with Crippen molar-refractivity contribution in [2.24, 2.45) is 0 Å². The van der Waals surface area contributed by atoms with Gasteiger partial charge in [-0.15, -0.1) is 0 Å². The zero-order valence-corrected chi connectivity index (χ0v) is 12.2. The van der Waals surface area contributed by atoms with E-state index < -0.39 is 12.1 Å². The fourth-order valence-corrected chi connectivity index (χ4v) is 1.76. The van der Waals surface area contributed by atoms with Crippen LogP contribution < -0.4 is 4.74 Å². The fraction of sp³-hybridized carbons (Fsp3) is 0.467. The Morgan fingerprint density at radius 3 is 2.50 bits per heavy atom. The average molecular weight is 280 g/mol. The minimum absolute atomic E-state index is 0.0873. The van der Waals surface area contributed by atoms with Gasteiger partial charge in [0.05, 0.1) is 13.2 Å². The monoisotopic (exact) mass is 280 g/mol. The first kappa shape index (κ1) is 16.2. The smallest absolute Gasteiger partial charge is 0.335 e. The highest BCUT2D eigenvalue weighted by Crippen LogP contribution is 2.17. The van der Waals surface area contributed by atoms with E-state index in [2.05, 4.69) is 0 Å². The van der Waals surface area contributed by atoms with Crippen molar-refractivity contribution >= 4 is 11.9 Å². The van der Waals surface area contributed by atoms with Crippen molar-refractivity contribution in [2.75, 3.05) is 7.11 Å². The lowest BCUT2D eigenvalue weighted by atomic mass is 10.1. The van der Waals surface area contributed by atoms with Crippen molar-refractivity contribution in [1.82, 2.24) is 0 Å². The van der Waals surface area contributed by atoms with Gasteiger partial charge in [0.1, 0.15) is 5.75 Å². The zero-order valence-electron chi connectivity index (χ0n) is 12.2. The van der Waals surface area contributed by atoms with Crippen molar-refractivity contribution in [3.63, 3.8) is 0 Å². The third-order valence-electron chi connectivity index (χ3n) is 2.48. The van der Waals surface area contributed by atoms with E-state index in [0.717, 1.165) is 5.56 Å². The van der Waals surface area contributed by atoms with Gasteiger partial charge in [-0.2, -0.15) is 0 Å². The van der Waals surface area contributed by atoms with Crippen LogP contribution in [0.1, 0.15) is 26.3 Å². The number of hydrogen-bond donors (Lipinski definition) is 0. The number of carbonyl (C=O) groups is 2. The topological polar surface area (TPSA) is 61.8 Å². The average Bonchev–Trinajstić information content (AvgIpc) is 2.36. The van der Waals surface area contributed by atoms with Crippen LogP contribution in [0.2, 0.25) is 0 Å². The Labute approximate surface area is 118 Å². The minimum atomic E-state index is -0.674. The van der Waals surface area contributed by atoms with Crippen LogP contribution in [0.5, 0.6) is 5.75 Å². The van der Waals surface area contributed by atoms with E-state index in [0.29, 0.717) is 12.2 Å². The summed E-state index contributed by atoms with van der Waals surface area (Å²) in [4.78, 5) is 22.6. The quantitative estimate of drug-likeness (QED) is 0.590. The third-order valence-corrected chi connectivity index (χ3v) is 2.48. The molecule has 0 saturated carbocycles. The first-order valence-corrected chi connectivity index (χ1v) is 6.43. The first-order chi connectivity index (χ1) is 9.42. The minimum Gasteiger partial charge on any atom is -0.467 e. The SMILES string of the molecule is COC(=O)[C@H](Cc1cccc(OC(C)=O)c1)OC(C)C. The van der Waals surface area contributed by atoms with Crippen LogP contribution in [-0.4, -0.2) is 31.3 Å². The summed E-state index contributed by atoms with van der Waals surface area (Å²) in [6.07, 6.45) is -0.400. The Kier molecular flexibility index (Phi) is 6.18. The Balaban J connectivity index is 2.82. The van der Waals surface area contributed by atoms with E-state index in [-0.39, 0.29) is 12.1 Å². The van der Waals surface area contributed by atoms with Gasteiger partial charge in [0.15, 0.2) is 6.10 Å². The van der Waals surface area contributed by atoms with Gasteiger partial charge >= 0.3 is 11.9 Å². The molecule has 0 aliphatic heterocycles. The van der Waals surface area contributed by atoms with Gasteiger partial charge in [-0.1, -0.05) is 12.1 Å². The number of ether oxygens (including phenoxy) is 3. The van der Waals surface area contributed by atoms with E-state index in [4.69, 9.17) is 14.2 Å². The van der Waals surface area contributed by atoms with Gasteiger partial charge in [0.25, 0.3) is 0 Å². The number of benzene rings is 1. The summed E-state index contributed by atoms with van der Waals surface area (Å²) < 4.78 is 15.3. The van der Waals surface area contributed by atoms with E-state index in [1.807, 2.05) is 19.9 Å². The van der Waals surface area contributed by atoms with E-state index in [1.165, 1.54) is 14.0 Å². The molecule has 0 N–H and O–H groups in total. The molecule has 0 aliphatic carbocycles. The van der Waals surface area contributed by atoms with E-state index in [1.54, 1.807) is 18.2 Å². The Morgan fingerprint density at radius 1 is 1.25 bits per heavy atom. The number of rotatable bonds is 6. The standard InChI is InChI=1S/C15H20O5/c1-10(2)19-14(15(17)18-4)9-12-6-5-7-13(8-12)20-11(3)16/h5-8,10,14H,9H2,1-4H3/t14-/m0/s1. The van der Waals surface area contributed by atoms with Crippen LogP contribution in [0.15, 0.2) is 24.3 Å². The summed E-state index contributed by atoms with van der Waals surface area (Å²) in [7, 11) is 1.33. The second-order valence-corrected chi connectivity index (χ2v) is 4.64. The molecule has 1 aromatic carbocycles. The fourth-order valence-electron chi connectivity index (χ4n) is 1.76. The van der Waals surface area contributed by atoms with Crippen molar-refractivity contribution in [1.29, 1.82) is 0 Å². The van der Waals surface area contributed by atoms with Gasteiger partial charge in [0.2, 0.25) is 0 Å². The second-order valence-electron chi connectivity index (χ2n) is 4.64. The summed E-state index contributed by atoms with van der Waals surface area (Å²) in [6, 6.07) is 6.99. The van der Waals surface area contributed by atoms with Crippen molar-refractivity contribution in [3.8, 4) is 5.75 Å². The molecule has 0 aliphatic rings. The molecule has 0 aromatic heterocycles. The largest absolute Gasteiger partial charge is 0.467 e. The molecule has 110 valence electrons. The summed E-state index contributed by atoms with van der Waals surface area (Å²) in [6.45, 7) is 5.04. The van der Waals surface area contributed by atoms with Crippen molar-refractivity contribution < 1.29 is 23.8 Å². The van der Waals surface area contributed by atoms with Crippen LogP contribution >= 0.6 is 0 Å². The molecule has 20 heavy (non-hydrogen) atoms. The maximum absolute atomic E-state index is 11.7. The summed E-state index contributed by atoms with van der Waals surface area (Å²) in [5, 5.41) is 0. The molecule has 0 amide bonds. The van der Waals surface area contributed by atoms with Gasteiger partial charge < -0.3 is 14.2 Å². The summed E-state index contributed by atoms with van der Waals surface area (Å²) >= 11 is 0. The van der Waals surface area contributed by atoms with Gasteiger partial charge in [-0.05, 0) is 31.5 Å². The van der Waals surface area contributed by atoms with Gasteiger partial charge in [-0.25, -0.2) is 4.79 Å². The zero-order chi connectivity index (χ0) is 15.1. The molecule has 0 spiro atoms. The van der Waals surface area contributed by atoms with E-state index in [9.17, 15) is 9.59 Å². The number of carbonyl (C=O) groups excluding carboxylic acids is 2. The molecule has 0 heterocycles. The molecule has 1 rings (SSSR count). The highest BCUT2D eigenvalue weighted by atomic mass is 16.6. The molecular formula is C15H20O5. The number of hydrogen-bond acceptors (Lipinski definition) is 5. The lowest BCUT2D eigenvalue weighted by Crippen LogP contribution is -2.30. The predicted octanol–water partition coefficient (Wildman–Crippen LogP) is 2.12. The molecule has 0 saturated heterocycles. The highest BCUT2D eigenvalue weighted by molar-refractivity contribution is 5.75. The second kappa shape index (κ2) is 7.65. The first-order valence-electron chi connectivity index (χ1n) is 6.43. The third kappa shape index (κ3) is 5.40. The molecule has 0 fully saturated rings. The Hall–Kier alpha value is -1.88. The molecule has 0 unspecified atom stereocenters. The van der Waals surface area contributed by atoms with Crippen LogP contribution in [0.25, 0.3) is 0 Å². The molecule has 1 aromatic rings. The van der Waals surface area contributed by atoms with Crippen LogP contribution in [-0.2, 0) is 25.5 Å². The molecule has 1 atom stereocenters. The summed E-state index contributed by atoms with van der Waals surface area (Å²) in [5.41, 5.74) is 0.833. The number of methoxy groups -OCH3 is 1. The van der Waals surface area contributed by atoms with Crippen molar-refractivity contribution in [3.05, 3.63) is 29.8 Å². The van der Waals surface area contributed by atoms with Gasteiger partial charge in [0, 0.05) is 13.3 Å². The maximum Gasteiger partial charge on any atom is 0.335 e. The molecule has 5 nitrogen and oxygen atoms in total. The Morgan fingerprint density at radius 2 is 1.95 bits per heavy atom. The molecule has 5 heteroatoms. The summed E-state index contributed by atoms with van der Waals surface area (Å²) in [5.74, 6) is -0.357. The highest BCUT2D eigenvalue weighted by Gasteiger charge is 2.22. The maximum atomic E-state index is 11.7. The van der Waals surface area contributed by atoms with Crippen LogP contribution in [0.3, 0.4) is 0 Å². The van der Waals surface area contributed by atoms with Crippen LogP contribution in [0.4, 0.5) is 0 Å². The lowest BCUT2D eigenvalue weighted by Gasteiger charge is -2.18. The molecule has 0 radical (unpaired) electrons. The van der Waals surface area contributed by atoms with Gasteiger partial charge in [-0.3, -0.25) is 4.79 Å². The molecular weight excluding hydrogens is 260 g/mol. The Bertz CT molecular complexity index is 467. The molecule has 0 bridgehead atoms. The van der Waals surface area contributed by atoms with E-state index >= 15 is 0 Å². The van der Waals surface area contributed by atoms with Crippen LogP contribution in [0, 0.1) is 0 Å². The lowest BCUT2D eigenvalue weighted by molar-refractivity contribution is -0.156. The normalized spacial score (nSPS) is 12.1. The number of esters is 2.